The van der Waals surface area contributed by atoms with Crippen LogP contribution in [0.4, 0.5) is 0 Å². The molecule has 1 amide bonds. The summed E-state index contributed by atoms with van der Waals surface area (Å²) in [6.45, 7) is 5.12. The number of rotatable bonds is 8. The Morgan fingerprint density at radius 2 is 1.80 bits per heavy atom. The van der Waals surface area contributed by atoms with Crippen LogP contribution in [-0.2, 0) is 4.79 Å². The third kappa shape index (κ3) is 7.30. The summed E-state index contributed by atoms with van der Waals surface area (Å²) in [5.41, 5.74) is 0. The molecular formula is C10H22N2O3. The van der Waals surface area contributed by atoms with Crippen LogP contribution in [0.3, 0.4) is 0 Å². The van der Waals surface area contributed by atoms with Crippen LogP contribution in [0.2, 0.25) is 0 Å². The Morgan fingerprint density at radius 3 is 2.20 bits per heavy atom. The van der Waals surface area contributed by atoms with Gasteiger partial charge >= 0.3 is 0 Å². The molecule has 0 radical (unpaired) electrons. The largest absolute Gasteiger partial charge is 0.395 e. The molecule has 15 heavy (non-hydrogen) atoms. The van der Waals surface area contributed by atoms with Gasteiger partial charge in [-0.2, -0.15) is 0 Å². The van der Waals surface area contributed by atoms with Crippen molar-refractivity contribution < 1.29 is 15.0 Å². The van der Waals surface area contributed by atoms with Crippen molar-refractivity contribution in [3.63, 3.8) is 0 Å². The third-order valence-electron chi connectivity index (χ3n) is 1.98. The second-order valence-electron chi connectivity index (χ2n) is 3.69. The maximum Gasteiger partial charge on any atom is 0.224 e. The number of carbonyl (C=O) groups excluding carboxylic acids is 1. The first-order chi connectivity index (χ1) is 7.11. The Hall–Kier alpha value is -0.650. The van der Waals surface area contributed by atoms with Crippen molar-refractivity contribution in [2.45, 2.75) is 26.3 Å². The van der Waals surface area contributed by atoms with Crippen molar-refractivity contribution in [1.82, 2.24) is 10.2 Å². The quantitative estimate of drug-likeness (QED) is 0.498. The molecule has 0 spiro atoms. The summed E-state index contributed by atoms with van der Waals surface area (Å²) in [5.74, 6) is -0.0359. The molecule has 3 N–H and O–H groups in total. The molecule has 0 bridgehead atoms. The fourth-order valence-corrected chi connectivity index (χ4v) is 1.23. The van der Waals surface area contributed by atoms with Gasteiger partial charge in [-0.3, -0.25) is 4.79 Å². The zero-order valence-electron chi connectivity index (χ0n) is 9.57. The minimum atomic E-state index is -0.0661. The Labute approximate surface area is 91.1 Å². The van der Waals surface area contributed by atoms with E-state index in [9.17, 15) is 4.79 Å². The molecular weight excluding hydrogens is 196 g/mol. The number of aliphatic hydroxyl groups is 2. The summed E-state index contributed by atoms with van der Waals surface area (Å²) < 4.78 is 0. The van der Waals surface area contributed by atoms with Crippen LogP contribution in [0.1, 0.15) is 20.3 Å². The molecule has 0 aliphatic rings. The van der Waals surface area contributed by atoms with Gasteiger partial charge in [0.2, 0.25) is 5.91 Å². The van der Waals surface area contributed by atoms with Crippen molar-refractivity contribution in [3.05, 3.63) is 0 Å². The minimum absolute atomic E-state index is 0.0359. The normalized spacial score (nSPS) is 10.7. The summed E-state index contributed by atoms with van der Waals surface area (Å²) in [6.07, 6.45) is 0.401. The molecule has 90 valence electrons. The average Bonchev–Trinajstić information content (AvgIpc) is 2.16. The number of amides is 1. The van der Waals surface area contributed by atoms with Crippen LogP contribution in [0.25, 0.3) is 0 Å². The summed E-state index contributed by atoms with van der Waals surface area (Å²) >= 11 is 0. The van der Waals surface area contributed by atoms with Crippen LogP contribution in [0, 0.1) is 0 Å². The summed E-state index contributed by atoms with van der Waals surface area (Å²) in [4.78, 5) is 13.0. The number of nitrogens with one attached hydrogen (secondary N) is 1. The number of aliphatic hydroxyl groups excluding tert-OH is 2. The van der Waals surface area contributed by atoms with Gasteiger partial charge in [-0.25, -0.2) is 0 Å². The van der Waals surface area contributed by atoms with Gasteiger partial charge in [-0.15, -0.1) is 0 Å². The van der Waals surface area contributed by atoms with Crippen molar-refractivity contribution in [2.75, 3.05) is 32.8 Å². The van der Waals surface area contributed by atoms with E-state index in [4.69, 9.17) is 10.2 Å². The van der Waals surface area contributed by atoms with Gasteiger partial charge < -0.3 is 20.4 Å². The summed E-state index contributed by atoms with van der Waals surface area (Å²) in [7, 11) is 0. The van der Waals surface area contributed by atoms with E-state index in [2.05, 4.69) is 5.32 Å². The molecule has 0 aromatic rings. The zero-order chi connectivity index (χ0) is 11.7. The average molecular weight is 218 g/mol. The molecule has 5 heteroatoms. The Morgan fingerprint density at radius 1 is 1.27 bits per heavy atom. The van der Waals surface area contributed by atoms with E-state index in [1.54, 1.807) is 0 Å². The number of hydrogen-bond donors (Lipinski definition) is 3. The summed E-state index contributed by atoms with van der Waals surface area (Å²) in [5, 5.41) is 20.6. The smallest absolute Gasteiger partial charge is 0.224 e. The van der Waals surface area contributed by atoms with Crippen molar-refractivity contribution in [2.24, 2.45) is 0 Å². The molecule has 0 aromatic carbocycles. The topological polar surface area (TPSA) is 72.8 Å². The monoisotopic (exact) mass is 218 g/mol. The molecule has 0 aliphatic heterocycles. The van der Waals surface area contributed by atoms with Crippen molar-refractivity contribution >= 4 is 5.91 Å². The molecule has 0 atom stereocenters. The third-order valence-corrected chi connectivity index (χ3v) is 1.98. The lowest BCUT2D eigenvalue weighted by molar-refractivity contribution is -0.132. The van der Waals surface area contributed by atoms with E-state index in [1.165, 1.54) is 4.90 Å². The van der Waals surface area contributed by atoms with Crippen LogP contribution >= 0.6 is 0 Å². The van der Waals surface area contributed by atoms with Crippen LogP contribution in [-0.4, -0.2) is 59.9 Å². The van der Waals surface area contributed by atoms with Crippen molar-refractivity contribution in [1.29, 1.82) is 0 Å². The second kappa shape index (κ2) is 8.64. The van der Waals surface area contributed by atoms with Crippen LogP contribution in [0.5, 0.6) is 0 Å². The van der Waals surface area contributed by atoms with E-state index < -0.39 is 0 Å². The van der Waals surface area contributed by atoms with Crippen molar-refractivity contribution in [3.8, 4) is 0 Å². The van der Waals surface area contributed by atoms with Gasteiger partial charge in [0.15, 0.2) is 0 Å². The second-order valence-corrected chi connectivity index (χ2v) is 3.69. The van der Waals surface area contributed by atoms with E-state index in [0.717, 1.165) is 0 Å². The van der Waals surface area contributed by atoms with E-state index >= 15 is 0 Å². The first-order valence-electron chi connectivity index (χ1n) is 5.34. The Balaban J connectivity index is 3.80. The van der Waals surface area contributed by atoms with Gasteiger partial charge in [0.1, 0.15) is 0 Å². The molecule has 5 nitrogen and oxygen atoms in total. The van der Waals surface area contributed by atoms with Gasteiger partial charge in [0.05, 0.1) is 13.2 Å². The van der Waals surface area contributed by atoms with Crippen LogP contribution in [0.15, 0.2) is 0 Å². The Bertz CT molecular complexity index is 168. The maximum absolute atomic E-state index is 11.6. The van der Waals surface area contributed by atoms with E-state index in [-0.39, 0.29) is 19.1 Å². The molecule has 0 heterocycles. The standard InChI is InChI=1S/C10H22N2O3/c1-9(2)11-4-3-10(15)12(5-7-13)6-8-14/h9,11,13-14H,3-8H2,1-2H3. The lowest BCUT2D eigenvalue weighted by atomic mass is 10.3. The van der Waals surface area contributed by atoms with E-state index in [1.807, 2.05) is 13.8 Å². The molecule has 0 aliphatic carbocycles. The predicted molar refractivity (Wildman–Crippen MR) is 58.5 cm³/mol. The lowest BCUT2D eigenvalue weighted by Gasteiger charge is -2.21. The zero-order valence-corrected chi connectivity index (χ0v) is 9.57. The first-order valence-corrected chi connectivity index (χ1v) is 5.34. The minimum Gasteiger partial charge on any atom is -0.395 e. The molecule has 0 saturated carbocycles. The highest BCUT2D eigenvalue weighted by Gasteiger charge is 2.11. The number of carbonyl (C=O) groups is 1. The van der Waals surface area contributed by atoms with Gasteiger partial charge in [-0.1, -0.05) is 13.8 Å². The maximum atomic E-state index is 11.6. The molecule has 0 unspecified atom stereocenters. The first kappa shape index (κ1) is 14.3. The van der Waals surface area contributed by atoms with Gasteiger partial charge in [-0.05, 0) is 0 Å². The molecule has 0 fully saturated rings. The van der Waals surface area contributed by atoms with Gasteiger partial charge in [0.25, 0.3) is 0 Å². The SMILES string of the molecule is CC(C)NCCC(=O)N(CCO)CCO. The number of nitrogens with zero attached hydrogens (tertiary/aromatic N) is 1. The fraction of sp³-hybridized carbons (Fsp3) is 0.900. The summed E-state index contributed by atoms with van der Waals surface area (Å²) in [6, 6.07) is 0.363. The number of hydrogen-bond acceptors (Lipinski definition) is 4. The molecule has 0 aromatic heterocycles. The highest BCUT2D eigenvalue weighted by atomic mass is 16.3. The van der Waals surface area contributed by atoms with Gasteiger partial charge in [0, 0.05) is 32.1 Å². The molecule has 0 saturated heterocycles. The molecule has 0 rings (SSSR count). The van der Waals surface area contributed by atoms with Crippen LogP contribution < -0.4 is 5.32 Å². The highest BCUT2D eigenvalue weighted by molar-refractivity contribution is 5.76. The fourth-order valence-electron chi connectivity index (χ4n) is 1.23. The lowest BCUT2D eigenvalue weighted by Crippen LogP contribution is -2.38. The predicted octanol–water partition coefficient (Wildman–Crippen LogP) is -0.812. The highest BCUT2D eigenvalue weighted by Crippen LogP contribution is 1.93. The Kier molecular flexibility index (Phi) is 8.27. The van der Waals surface area contributed by atoms with E-state index in [0.29, 0.717) is 32.1 Å².